The molecular formula is C25H24FN5O4. The Morgan fingerprint density at radius 2 is 1.69 bits per heavy atom. The van der Waals surface area contributed by atoms with Crippen LogP contribution < -0.4 is 19.5 Å². The van der Waals surface area contributed by atoms with Gasteiger partial charge in [-0.1, -0.05) is 12.1 Å². The largest absolute Gasteiger partial charge is 0.497 e. The third kappa shape index (κ3) is 4.91. The van der Waals surface area contributed by atoms with E-state index in [0.29, 0.717) is 45.5 Å². The van der Waals surface area contributed by atoms with Crippen molar-refractivity contribution in [3.05, 3.63) is 71.4 Å². The second-order valence-electron chi connectivity index (χ2n) is 7.64. The molecule has 1 amide bonds. The number of benzene rings is 2. The quantitative estimate of drug-likeness (QED) is 0.412. The summed E-state index contributed by atoms with van der Waals surface area (Å²) in [5.41, 5.74) is 2.91. The maximum Gasteiger partial charge on any atom is 0.322 e. The molecule has 0 spiro atoms. The Bertz CT molecular complexity index is 1380. The summed E-state index contributed by atoms with van der Waals surface area (Å²) < 4.78 is 31.6. The lowest BCUT2D eigenvalue weighted by molar-refractivity contribution is 0.101. The van der Waals surface area contributed by atoms with Gasteiger partial charge in [-0.3, -0.25) is 9.48 Å². The summed E-state index contributed by atoms with van der Waals surface area (Å²) in [6, 6.07) is 13.0. The number of para-hydroxylation sites is 1. The molecule has 4 rings (SSSR count). The molecule has 2 aromatic carbocycles. The van der Waals surface area contributed by atoms with Crippen molar-refractivity contribution in [2.75, 3.05) is 19.5 Å². The fourth-order valence-electron chi connectivity index (χ4n) is 3.54. The van der Waals surface area contributed by atoms with Crippen molar-refractivity contribution in [2.45, 2.75) is 13.8 Å². The van der Waals surface area contributed by atoms with E-state index in [1.807, 2.05) is 0 Å². The molecule has 1 N–H and O–H groups in total. The SMILES string of the molecule is COc1ccc(OC)c(-c2cc(C(=O)Nc3c(C)nc(Oc4ccccc4F)nc3C)n(C)n2)c1. The summed E-state index contributed by atoms with van der Waals surface area (Å²) in [5.74, 6) is 0.326. The summed E-state index contributed by atoms with van der Waals surface area (Å²) in [6.45, 7) is 3.41. The van der Waals surface area contributed by atoms with Gasteiger partial charge < -0.3 is 19.5 Å². The molecule has 180 valence electrons. The first-order chi connectivity index (χ1) is 16.8. The summed E-state index contributed by atoms with van der Waals surface area (Å²) in [5, 5.41) is 7.32. The van der Waals surface area contributed by atoms with Crippen LogP contribution in [-0.2, 0) is 7.05 Å². The second-order valence-corrected chi connectivity index (χ2v) is 7.64. The zero-order valence-electron chi connectivity index (χ0n) is 19.9. The molecule has 2 aromatic heterocycles. The van der Waals surface area contributed by atoms with Crippen molar-refractivity contribution in [1.82, 2.24) is 19.7 Å². The van der Waals surface area contributed by atoms with E-state index >= 15 is 0 Å². The average molecular weight is 477 g/mol. The van der Waals surface area contributed by atoms with Gasteiger partial charge in [-0.15, -0.1) is 0 Å². The molecule has 0 radical (unpaired) electrons. The number of halogens is 1. The molecule has 2 heterocycles. The van der Waals surface area contributed by atoms with Crippen LogP contribution in [0.1, 0.15) is 21.9 Å². The van der Waals surface area contributed by atoms with E-state index in [2.05, 4.69) is 20.4 Å². The maximum atomic E-state index is 13.9. The Hall–Kier alpha value is -4.47. The Labute approximate surface area is 201 Å². The van der Waals surface area contributed by atoms with Gasteiger partial charge in [0.05, 0.1) is 37.0 Å². The number of rotatable bonds is 7. The molecule has 0 atom stereocenters. The van der Waals surface area contributed by atoms with Crippen LogP contribution in [0.3, 0.4) is 0 Å². The summed E-state index contributed by atoms with van der Waals surface area (Å²) in [4.78, 5) is 21.7. The molecular weight excluding hydrogens is 453 g/mol. The minimum Gasteiger partial charge on any atom is -0.497 e. The number of methoxy groups -OCH3 is 2. The molecule has 0 fully saturated rings. The number of nitrogens with zero attached hydrogens (tertiary/aromatic N) is 4. The molecule has 0 saturated carbocycles. The number of hydrogen-bond donors (Lipinski definition) is 1. The van der Waals surface area contributed by atoms with E-state index in [-0.39, 0.29) is 11.8 Å². The Kier molecular flexibility index (Phi) is 6.63. The second kappa shape index (κ2) is 9.80. The molecule has 0 unspecified atom stereocenters. The van der Waals surface area contributed by atoms with Gasteiger partial charge in [-0.05, 0) is 50.2 Å². The van der Waals surface area contributed by atoms with Gasteiger partial charge in [-0.25, -0.2) is 4.39 Å². The van der Waals surface area contributed by atoms with E-state index in [1.54, 1.807) is 71.5 Å². The van der Waals surface area contributed by atoms with Crippen molar-refractivity contribution in [1.29, 1.82) is 0 Å². The first-order valence-corrected chi connectivity index (χ1v) is 10.7. The highest BCUT2D eigenvalue weighted by molar-refractivity contribution is 6.04. The standard InChI is InChI=1S/C25H24FN5O4/c1-14-23(15(2)28-25(27-14)35-22-9-7-6-8-18(22)26)29-24(32)20-13-19(30-31(20)3)17-12-16(33-4)10-11-21(17)34-5/h6-13H,1-5H3,(H,29,32). The number of hydrogen-bond acceptors (Lipinski definition) is 7. The topological polar surface area (TPSA) is 100 Å². The van der Waals surface area contributed by atoms with Crippen LogP contribution in [0.2, 0.25) is 0 Å². The highest BCUT2D eigenvalue weighted by Gasteiger charge is 2.20. The van der Waals surface area contributed by atoms with Gasteiger partial charge in [0.2, 0.25) is 0 Å². The van der Waals surface area contributed by atoms with Crippen LogP contribution >= 0.6 is 0 Å². The van der Waals surface area contributed by atoms with E-state index in [9.17, 15) is 9.18 Å². The molecule has 0 saturated heterocycles. The minimum absolute atomic E-state index is 0.0125. The summed E-state index contributed by atoms with van der Waals surface area (Å²) in [6.07, 6.45) is 0. The average Bonchev–Trinajstić information content (AvgIpc) is 3.24. The van der Waals surface area contributed by atoms with E-state index in [4.69, 9.17) is 14.2 Å². The van der Waals surface area contributed by atoms with Crippen molar-refractivity contribution in [3.63, 3.8) is 0 Å². The van der Waals surface area contributed by atoms with E-state index in [0.717, 1.165) is 0 Å². The van der Waals surface area contributed by atoms with E-state index < -0.39 is 11.7 Å². The Morgan fingerprint density at radius 3 is 2.34 bits per heavy atom. The van der Waals surface area contributed by atoms with Crippen molar-refractivity contribution < 1.29 is 23.4 Å². The highest BCUT2D eigenvalue weighted by atomic mass is 19.1. The molecule has 4 aromatic rings. The molecule has 0 aliphatic carbocycles. The third-order valence-electron chi connectivity index (χ3n) is 5.32. The minimum atomic E-state index is -0.525. The number of anilines is 1. The van der Waals surface area contributed by atoms with Crippen molar-refractivity contribution >= 4 is 11.6 Å². The third-order valence-corrected chi connectivity index (χ3v) is 5.32. The van der Waals surface area contributed by atoms with Crippen LogP contribution in [0.5, 0.6) is 23.3 Å². The van der Waals surface area contributed by atoms with Gasteiger partial charge in [0.15, 0.2) is 11.6 Å². The van der Waals surface area contributed by atoms with Crippen LogP contribution in [0.15, 0.2) is 48.5 Å². The van der Waals surface area contributed by atoms with Gasteiger partial charge >= 0.3 is 6.01 Å². The van der Waals surface area contributed by atoms with Crippen molar-refractivity contribution in [2.24, 2.45) is 7.05 Å². The molecule has 9 nitrogen and oxygen atoms in total. The Morgan fingerprint density at radius 1 is 0.971 bits per heavy atom. The fourth-order valence-corrected chi connectivity index (χ4v) is 3.54. The molecule has 0 aliphatic rings. The number of nitrogens with one attached hydrogen (secondary N) is 1. The molecule has 10 heteroatoms. The number of amides is 1. The first-order valence-electron chi connectivity index (χ1n) is 10.7. The lowest BCUT2D eigenvalue weighted by Crippen LogP contribution is -2.18. The zero-order chi connectivity index (χ0) is 25.1. The first kappa shape index (κ1) is 23.7. The maximum absolute atomic E-state index is 13.9. The van der Waals surface area contributed by atoms with Gasteiger partial charge in [0, 0.05) is 12.6 Å². The zero-order valence-corrected chi connectivity index (χ0v) is 19.9. The van der Waals surface area contributed by atoms with Crippen molar-refractivity contribution in [3.8, 4) is 34.5 Å². The number of aromatic nitrogens is 4. The number of carbonyl (C=O) groups excluding carboxylic acids is 1. The normalized spacial score (nSPS) is 10.7. The lowest BCUT2D eigenvalue weighted by atomic mass is 10.1. The predicted octanol–water partition coefficient (Wildman–Crippen LogP) is 4.69. The van der Waals surface area contributed by atoms with Crippen LogP contribution in [0.25, 0.3) is 11.3 Å². The van der Waals surface area contributed by atoms with Gasteiger partial charge in [0.25, 0.3) is 5.91 Å². The van der Waals surface area contributed by atoms with Crippen LogP contribution in [-0.4, -0.2) is 39.9 Å². The summed E-state index contributed by atoms with van der Waals surface area (Å²) >= 11 is 0. The molecule has 0 aliphatic heterocycles. The highest BCUT2D eigenvalue weighted by Crippen LogP contribution is 2.33. The molecule has 0 bridgehead atoms. The molecule has 35 heavy (non-hydrogen) atoms. The van der Waals surface area contributed by atoms with Gasteiger partial charge in [0.1, 0.15) is 17.2 Å². The number of ether oxygens (including phenoxy) is 3. The Balaban J connectivity index is 1.59. The van der Waals surface area contributed by atoms with Crippen LogP contribution in [0.4, 0.5) is 10.1 Å². The smallest absolute Gasteiger partial charge is 0.322 e. The fraction of sp³-hybridized carbons (Fsp3) is 0.200. The predicted molar refractivity (Wildman–Crippen MR) is 128 cm³/mol. The van der Waals surface area contributed by atoms with E-state index in [1.165, 1.54) is 16.8 Å². The monoisotopic (exact) mass is 477 g/mol. The summed E-state index contributed by atoms with van der Waals surface area (Å²) in [7, 11) is 4.81. The van der Waals surface area contributed by atoms with Crippen LogP contribution in [0, 0.1) is 19.7 Å². The number of carbonyl (C=O) groups is 1. The number of aryl methyl sites for hydroxylation is 3. The van der Waals surface area contributed by atoms with Gasteiger partial charge in [-0.2, -0.15) is 15.1 Å². The lowest BCUT2D eigenvalue weighted by Gasteiger charge is -2.12.